The summed E-state index contributed by atoms with van der Waals surface area (Å²) in [7, 11) is -3.61. The van der Waals surface area contributed by atoms with Crippen molar-refractivity contribution in [1.29, 1.82) is 0 Å². The van der Waals surface area contributed by atoms with Crippen LogP contribution in [0.3, 0.4) is 0 Å². The second-order valence-corrected chi connectivity index (χ2v) is 6.97. The third-order valence-electron chi connectivity index (χ3n) is 3.50. The number of nitrogens with zero attached hydrogens (tertiary/aromatic N) is 1. The fourth-order valence-electron chi connectivity index (χ4n) is 2.47. The monoisotopic (exact) mass is 336 g/mol. The fraction of sp³-hybridized carbons (Fsp3) is 0.462. The number of likely N-dealkylation sites (tertiary alicyclic amines) is 1. The average molecular weight is 336 g/mol. The number of hydrogen-bond acceptors (Lipinski definition) is 3. The number of hydrogen-bond donors (Lipinski definition) is 1. The molecule has 1 amide bonds. The second-order valence-electron chi connectivity index (χ2n) is 5.31. The zero-order valence-corrected chi connectivity index (χ0v) is 12.3. The standard InChI is InChI=1S/C13H15F3N2O3S/c14-13(15,16)11-3-1-10(2-4-11)12(19)18-6-5-9(7-18)8-22(17,20)21/h1-4,9H,5-8H2,(H2,17,20,21). The Hall–Kier alpha value is -1.61. The number of primary sulfonamides is 1. The molecule has 1 aromatic carbocycles. The van der Waals surface area contributed by atoms with Crippen LogP contribution in [0.2, 0.25) is 0 Å². The molecule has 1 unspecified atom stereocenters. The Labute approximate surface area is 125 Å². The molecule has 0 aromatic heterocycles. The molecule has 1 aliphatic rings. The minimum Gasteiger partial charge on any atom is -0.338 e. The lowest BCUT2D eigenvalue weighted by Gasteiger charge is -2.17. The van der Waals surface area contributed by atoms with Crippen molar-refractivity contribution in [3.8, 4) is 0 Å². The maximum Gasteiger partial charge on any atom is 0.416 e. The molecular formula is C13H15F3N2O3S. The van der Waals surface area contributed by atoms with E-state index >= 15 is 0 Å². The van der Waals surface area contributed by atoms with Gasteiger partial charge in [-0.25, -0.2) is 13.6 Å². The van der Waals surface area contributed by atoms with Crippen LogP contribution < -0.4 is 5.14 Å². The van der Waals surface area contributed by atoms with Gasteiger partial charge < -0.3 is 4.90 Å². The van der Waals surface area contributed by atoms with Crippen molar-refractivity contribution in [3.05, 3.63) is 35.4 Å². The number of carbonyl (C=O) groups excluding carboxylic acids is 1. The lowest BCUT2D eigenvalue weighted by Crippen LogP contribution is -2.30. The van der Waals surface area contributed by atoms with Gasteiger partial charge in [-0.15, -0.1) is 0 Å². The first-order valence-corrected chi connectivity index (χ1v) is 8.25. The van der Waals surface area contributed by atoms with Crippen molar-refractivity contribution in [3.63, 3.8) is 0 Å². The van der Waals surface area contributed by atoms with Crippen LogP contribution in [0.4, 0.5) is 13.2 Å². The van der Waals surface area contributed by atoms with Crippen LogP contribution in [0.1, 0.15) is 22.3 Å². The van der Waals surface area contributed by atoms with Gasteiger partial charge in [-0.1, -0.05) is 0 Å². The summed E-state index contributed by atoms with van der Waals surface area (Å²) < 4.78 is 59.5. The molecule has 5 nitrogen and oxygen atoms in total. The molecule has 0 aliphatic carbocycles. The van der Waals surface area contributed by atoms with E-state index in [9.17, 15) is 26.4 Å². The maximum absolute atomic E-state index is 12.5. The van der Waals surface area contributed by atoms with E-state index in [4.69, 9.17) is 5.14 Å². The highest BCUT2D eigenvalue weighted by Gasteiger charge is 2.32. The van der Waals surface area contributed by atoms with E-state index in [1.165, 1.54) is 4.90 Å². The highest BCUT2D eigenvalue weighted by molar-refractivity contribution is 7.89. The molecule has 1 heterocycles. The minimum atomic E-state index is -4.45. The van der Waals surface area contributed by atoms with Gasteiger partial charge in [0.2, 0.25) is 10.0 Å². The van der Waals surface area contributed by atoms with Crippen LogP contribution in [-0.2, 0) is 16.2 Å². The molecular weight excluding hydrogens is 321 g/mol. The van der Waals surface area contributed by atoms with Crippen molar-refractivity contribution in [2.45, 2.75) is 12.6 Å². The Kier molecular flexibility index (Phi) is 4.48. The Morgan fingerprint density at radius 3 is 2.36 bits per heavy atom. The van der Waals surface area contributed by atoms with Crippen molar-refractivity contribution in [1.82, 2.24) is 4.90 Å². The highest BCUT2D eigenvalue weighted by Crippen LogP contribution is 2.29. The number of sulfonamides is 1. The third kappa shape index (κ3) is 4.20. The molecule has 0 radical (unpaired) electrons. The summed E-state index contributed by atoms with van der Waals surface area (Å²) in [5, 5.41) is 4.97. The SMILES string of the molecule is NS(=O)(=O)CC1CCN(C(=O)c2ccc(C(F)(F)F)cc2)C1. The first kappa shape index (κ1) is 16.8. The summed E-state index contributed by atoms with van der Waals surface area (Å²) in [4.78, 5) is 13.6. The molecule has 2 rings (SSSR count). The van der Waals surface area contributed by atoms with Crippen LogP contribution in [0.5, 0.6) is 0 Å². The van der Waals surface area contributed by atoms with Gasteiger partial charge in [0.15, 0.2) is 0 Å². The van der Waals surface area contributed by atoms with Gasteiger partial charge in [0, 0.05) is 18.7 Å². The van der Waals surface area contributed by atoms with Gasteiger partial charge in [0.25, 0.3) is 5.91 Å². The van der Waals surface area contributed by atoms with Crippen molar-refractivity contribution >= 4 is 15.9 Å². The summed E-state index contributed by atoms with van der Waals surface area (Å²) in [6, 6.07) is 3.95. The zero-order chi connectivity index (χ0) is 16.5. The number of halogens is 3. The van der Waals surface area contributed by atoms with E-state index in [-0.39, 0.29) is 23.8 Å². The summed E-state index contributed by atoms with van der Waals surface area (Å²) in [6.07, 6.45) is -3.95. The number of carbonyl (C=O) groups is 1. The number of amides is 1. The molecule has 2 N–H and O–H groups in total. The van der Waals surface area contributed by atoms with Gasteiger partial charge in [0.05, 0.1) is 11.3 Å². The van der Waals surface area contributed by atoms with Crippen LogP contribution in [0.25, 0.3) is 0 Å². The Morgan fingerprint density at radius 1 is 1.27 bits per heavy atom. The molecule has 1 atom stereocenters. The largest absolute Gasteiger partial charge is 0.416 e. The van der Waals surface area contributed by atoms with Crippen molar-refractivity contribution in [2.75, 3.05) is 18.8 Å². The quantitative estimate of drug-likeness (QED) is 0.907. The predicted molar refractivity (Wildman–Crippen MR) is 73.4 cm³/mol. The number of alkyl halides is 3. The van der Waals surface area contributed by atoms with Crippen LogP contribution in [0.15, 0.2) is 24.3 Å². The van der Waals surface area contributed by atoms with E-state index < -0.39 is 27.7 Å². The van der Waals surface area contributed by atoms with E-state index in [0.29, 0.717) is 13.0 Å². The topological polar surface area (TPSA) is 80.5 Å². The van der Waals surface area contributed by atoms with Crippen molar-refractivity contribution < 1.29 is 26.4 Å². The van der Waals surface area contributed by atoms with Crippen LogP contribution in [0, 0.1) is 5.92 Å². The Morgan fingerprint density at radius 2 is 1.86 bits per heavy atom. The van der Waals surface area contributed by atoms with E-state index in [1.807, 2.05) is 0 Å². The maximum atomic E-state index is 12.5. The van der Waals surface area contributed by atoms with Gasteiger partial charge in [-0.3, -0.25) is 4.79 Å². The fourth-order valence-corrected chi connectivity index (χ4v) is 3.40. The zero-order valence-electron chi connectivity index (χ0n) is 11.5. The molecule has 0 spiro atoms. The molecule has 9 heteroatoms. The van der Waals surface area contributed by atoms with Gasteiger partial charge >= 0.3 is 6.18 Å². The molecule has 1 aromatic rings. The molecule has 1 saturated heterocycles. The summed E-state index contributed by atoms with van der Waals surface area (Å²) in [5.74, 6) is -0.858. The molecule has 22 heavy (non-hydrogen) atoms. The van der Waals surface area contributed by atoms with Gasteiger partial charge in [0.1, 0.15) is 0 Å². The molecule has 1 fully saturated rings. The normalized spacial score (nSPS) is 19.5. The van der Waals surface area contributed by atoms with E-state index in [1.54, 1.807) is 0 Å². The summed E-state index contributed by atoms with van der Waals surface area (Å²) in [5.41, 5.74) is -0.679. The smallest absolute Gasteiger partial charge is 0.338 e. The van der Waals surface area contributed by atoms with Crippen molar-refractivity contribution in [2.24, 2.45) is 11.1 Å². The number of nitrogens with two attached hydrogens (primary N) is 1. The first-order chi connectivity index (χ1) is 10.1. The highest BCUT2D eigenvalue weighted by atomic mass is 32.2. The molecule has 0 bridgehead atoms. The number of rotatable bonds is 3. The molecule has 122 valence electrons. The Bertz CT molecular complexity index is 656. The molecule has 1 aliphatic heterocycles. The predicted octanol–water partition coefficient (Wildman–Crippen LogP) is 1.46. The summed E-state index contributed by atoms with van der Waals surface area (Å²) >= 11 is 0. The van der Waals surface area contributed by atoms with E-state index in [2.05, 4.69) is 0 Å². The lowest BCUT2D eigenvalue weighted by atomic mass is 10.1. The Balaban J connectivity index is 2.04. The second kappa shape index (κ2) is 5.88. The van der Waals surface area contributed by atoms with Gasteiger partial charge in [-0.2, -0.15) is 13.2 Å². The number of benzene rings is 1. The first-order valence-electron chi connectivity index (χ1n) is 6.53. The lowest BCUT2D eigenvalue weighted by molar-refractivity contribution is -0.137. The summed E-state index contributed by atoms with van der Waals surface area (Å²) in [6.45, 7) is 0.594. The van der Waals surface area contributed by atoms with E-state index in [0.717, 1.165) is 24.3 Å². The third-order valence-corrected chi connectivity index (χ3v) is 4.44. The van der Waals surface area contributed by atoms with Crippen LogP contribution >= 0.6 is 0 Å². The molecule has 0 saturated carbocycles. The minimum absolute atomic E-state index is 0.143. The van der Waals surface area contributed by atoms with Crippen LogP contribution in [-0.4, -0.2) is 38.1 Å². The van der Waals surface area contributed by atoms with Gasteiger partial charge in [-0.05, 0) is 36.6 Å². The average Bonchev–Trinajstić information content (AvgIpc) is 2.83.